The molecule has 0 unspecified atom stereocenters. The number of aliphatic carboxylic acids is 1. The Morgan fingerprint density at radius 1 is 1.83 bits per heavy atom. The van der Waals surface area contributed by atoms with E-state index in [1.54, 1.807) is 0 Å². The van der Waals surface area contributed by atoms with Crippen LogP contribution in [-0.2, 0) is 4.79 Å². The van der Waals surface area contributed by atoms with Crippen molar-refractivity contribution in [1.29, 1.82) is 0 Å². The van der Waals surface area contributed by atoms with Crippen LogP contribution in [0.3, 0.4) is 0 Å². The van der Waals surface area contributed by atoms with Crippen molar-refractivity contribution in [3.63, 3.8) is 0 Å². The Morgan fingerprint density at radius 3 is 2.00 bits per heavy atom. The van der Waals surface area contributed by atoms with Gasteiger partial charge in [-0.1, -0.05) is 6.92 Å². The summed E-state index contributed by atoms with van der Waals surface area (Å²) in [4.78, 5) is 9.26. The van der Waals surface area contributed by atoms with Gasteiger partial charge in [-0.25, -0.2) is 0 Å². The summed E-state index contributed by atoms with van der Waals surface area (Å²) in [6.45, 7) is 1.54. The van der Waals surface area contributed by atoms with Crippen molar-refractivity contribution in [2.24, 2.45) is 0 Å². The maximum atomic E-state index is 9.26. The second-order valence-corrected chi connectivity index (χ2v) is 0.726. The summed E-state index contributed by atoms with van der Waals surface area (Å²) in [5, 5.41) is 9.26. The molecule has 0 aromatic rings. The van der Waals surface area contributed by atoms with Crippen molar-refractivity contribution in [1.82, 2.24) is 0 Å². The van der Waals surface area contributed by atoms with Gasteiger partial charge in [0.05, 0.1) is 0 Å². The summed E-state index contributed by atoms with van der Waals surface area (Å²) in [5.74, 6) is -0.995. The van der Waals surface area contributed by atoms with E-state index in [1.165, 1.54) is 6.92 Å². The Labute approximate surface area is 58.8 Å². The molecule has 0 spiro atoms. The van der Waals surface area contributed by atoms with Crippen molar-refractivity contribution in [2.75, 3.05) is 0 Å². The van der Waals surface area contributed by atoms with Crippen molar-refractivity contribution in [3.05, 3.63) is 0 Å². The van der Waals surface area contributed by atoms with Crippen molar-refractivity contribution >= 4 is 5.97 Å². The van der Waals surface area contributed by atoms with Gasteiger partial charge in [-0.2, -0.15) is 0 Å². The van der Waals surface area contributed by atoms with Crippen molar-refractivity contribution in [2.45, 2.75) is 13.3 Å². The predicted octanol–water partition coefficient (Wildman–Crippen LogP) is -3.85. The number of carbonyl (C=O) groups excluding carboxylic acids is 1. The van der Waals surface area contributed by atoms with Gasteiger partial charge in [0, 0.05) is 5.97 Å². The fourth-order valence-corrected chi connectivity index (χ4v) is 0. The molecule has 30 valence electrons. The van der Waals surface area contributed by atoms with Gasteiger partial charge in [-0.05, 0) is 6.42 Å². The second kappa shape index (κ2) is 5.47. The molecule has 6 heavy (non-hydrogen) atoms. The van der Waals surface area contributed by atoms with E-state index in [9.17, 15) is 9.90 Å². The molecule has 0 aliphatic heterocycles. The van der Waals surface area contributed by atoms with E-state index in [-0.39, 0.29) is 36.0 Å². The molecule has 0 amide bonds. The van der Waals surface area contributed by atoms with Crippen molar-refractivity contribution in [3.8, 4) is 0 Å². The Hall–Kier alpha value is 0.470. The molecule has 0 heterocycles. The molecular formula is C3H5NaO2. The fraction of sp³-hybridized carbons (Fsp3) is 0.667. The molecule has 0 aliphatic rings. The normalized spacial score (nSPS) is 6.17. The Morgan fingerprint density at radius 2 is 2.00 bits per heavy atom. The first-order valence-corrected chi connectivity index (χ1v) is 1.47. The zero-order chi connectivity index (χ0) is 4.28. The summed E-state index contributed by atoms with van der Waals surface area (Å²) < 4.78 is 0. The number of rotatable bonds is 1. The summed E-state index contributed by atoms with van der Waals surface area (Å²) >= 11 is 0. The monoisotopic (exact) mass is 99.0 g/mol. The summed E-state index contributed by atoms with van der Waals surface area (Å²) in [6.07, 6.45) is 0.111. The van der Waals surface area contributed by atoms with Gasteiger partial charge in [0.1, 0.15) is 0 Å². The third-order valence-corrected chi connectivity index (χ3v) is 0.289. The van der Waals surface area contributed by atoms with Gasteiger partial charge in [0.15, 0.2) is 0 Å². The molecule has 0 aromatic carbocycles. The van der Waals surface area contributed by atoms with E-state index in [4.69, 9.17) is 0 Å². The number of carboxylic acids is 1. The van der Waals surface area contributed by atoms with Crippen LogP contribution in [-0.4, -0.2) is 5.97 Å². The molecule has 0 aromatic heterocycles. The largest absolute Gasteiger partial charge is 1.00 e. The summed E-state index contributed by atoms with van der Waals surface area (Å²) in [5.41, 5.74) is 0. The van der Waals surface area contributed by atoms with Crippen LogP contribution in [0.25, 0.3) is 0 Å². The number of carbonyl (C=O) groups is 1. The minimum absolute atomic E-state index is 0. The molecule has 0 bridgehead atoms. The van der Waals surface area contributed by atoms with E-state index in [0.29, 0.717) is 0 Å². The van der Waals surface area contributed by atoms with Gasteiger partial charge in [0.25, 0.3) is 0 Å². The van der Waals surface area contributed by atoms with Gasteiger partial charge in [-0.15, -0.1) is 0 Å². The molecule has 3 heteroatoms. The van der Waals surface area contributed by atoms with E-state index >= 15 is 0 Å². The van der Waals surface area contributed by atoms with Crippen LogP contribution in [0.4, 0.5) is 0 Å². The average Bonchev–Trinajstić information content (AvgIpc) is 1.38. The van der Waals surface area contributed by atoms with Gasteiger partial charge < -0.3 is 9.90 Å². The fourth-order valence-electron chi connectivity index (χ4n) is 0. The zero-order valence-corrected chi connectivity index (χ0v) is 6.02. The average molecular weight is 99.0 g/mol. The molecule has 0 fully saturated rings. The summed E-state index contributed by atoms with van der Waals surface area (Å²) in [7, 11) is 0. The molecule has 0 rings (SSSR count). The number of carboxylic acid groups (broad SMARTS) is 1. The van der Waals surface area contributed by atoms with Crippen LogP contribution >= 0.6 is 0 Å². The topological polar surface area (TPSA) is 40.1 Å². The van der Waals surface area contributed by atoms with Crippen LogP contribution in [0.2, 0.25) is 0 Å². The molecule has 0 atom stereocenters. The third kappa shape index (κ3) is 8.82. The third-order valence-electron chi connectivity index (χ3n) is 0.289. The predicted molar refractivity (Wildman–Crippen MR) is 15.3 cm³/mol. The van der Waals surface area contributed by atoms with Crippen LogP contribution in [0.1, 0.15) is 13.3 Å². The minimum atomic E-state index is -0.995. The smallest absolute Gasteiger partial charge is 0.550 e. The van der Waals surface area contributed by atoms with Crippen LogP contribution in [0.5, 0.6) is 0 Å². The van der Waals surface area contributed by atoms with Crippen LogP contribution < -0.4 is 34.7 Å². The molecule has 0 N–H and O–H groups in total. The van der Waals surface area contributed by atoms with E-state index in [2.05, 4.69) is 0 Å². The number of hydrogen-bond donors (Lipinski definition) is 0. The zero-order valence-electron chi connectivity index (χ0n) is 4.02. The second-order valence-electron chi connectivity index (χ2n) is 0.726. The standard InChI is InChI=1S/C3H6O2.Na/c1-2-3(4)5;/h2H2,1H3,(H,4,5);/q;+1/p-1/i1+1,2+1,3+1;. The van der Waals surface area contributed by atoms with Crippen LogP contribution in [0, 0.1) is 0 Å². The van der Waals surface area contributed by atoms with Gasteiger partial charge >= 0.3 is 29.6 Å². The van der Waals surface area contributed by atoms with Crippen LogP contribution in [0.15, 0.2) is 0 Å². The molecule has 0 saturated heterocycles. The molecule has 0 radical (unpaired) electrons. The molecular weight excluding hydrogens is 94.0 g/mol. The van der Waals surface area contributed by atoms with Gasteiger partial charge in [0.2, 0.25) is 0 Å². The first-order chi connectivity index (χ1) is 2.27. The van der Waals surface area contributed by atoms with Crippen molar-refractivity contribution < 1.29 is 39.5 Å². The molecule has 0 aliphatic carbocycles. The molecule has 0 saturated carbocycles. The SMILES string of the molecule is [13CH3][13CH2][13C](=O)[O-].[Na+]. The Balaban J connectivity index is 0. The number of hydrogen-bond acceptors (Lipinski definition) is 2. The van der Waals surface area contributed by atoms with E-state index in [1.807, 2.05) is 0 Å². The first kappa shape index (κ1) is 9.69. The quantitative estimate of drug-likeness (QED) is 0.249. The minimum Gasteiger partial charge on any atom is -0.550 e. The Kier molecular flexibility index (Phi) is 8.83. The first-order valence-electron chi connectivity index (χ1n) is 1.47. The van der Waals surface area contributed by atoms with Gasteiger partial charge in [-0.3, -0.25) is 0 Å². The summed E-state index contributed by atoms with van der Waals surface area (Å²) in [6, 6.07) is 0. The van der Waals surface area contributed by atoms with E-state index in [0.717, 1.165) is 0 Å². The maximum absolute atomic E-state index is 9.26. The van der Waals surface area contributed by atoms with E-state index < -0.39 is 5.97 Å². The molecule has 2 nitrogen and oxygen atoms in total. The maximum Gasteiger partial charge on any atom is 1.00 e. The Bertz CT molecular complexity index is 44.1.